The number of nitrogens with two attached hydrogens (primary N) is 1. The molecule has 0 fully saturated rings. The predicted molar refractivity (Wildman–Crippen MR) is 159 cm³/mol. The molecule has 2 aromatic carbocycles. The molecule has 2 aromatic heterocycles. The molecule has 0 saturated carbocycles. The number of carboxylic acids is 2. The van der Waals surface area contributed by atoms with Gasteiger partial charge in [0.1, 0.15) is 18.8 Å². The van der Waals surface area contributed by atoms with Crippen LogP contribution >= 0.6 is 12.4 Å². The largest absolute Gasteiger partial charge is 0.477 e. The number of benzene rings is 2. The molecule has 0 aliphatic carbocycles. The summed E-state index contributed by atoms with van der Waals surface area (Å²) in [6.45, 7) is 5.85. The molecule has 0 radical (unpaired) electrons. The zero-order chi connectivity index (χ0) is 31.4. The number of carbonyl (C=O) groups excluding carboxylic acids is 1. The number of halogens is 1. The molecule has 236 valence electrons. The third-order valence-electron chi connectivity index (χ3n) is 5.19. The number of nitrogens with zero attached hydrogens (tertiary/aromatic N) is 2. The van der Waals surface area contributed by atoms with Crippen LogP contribution in [0.5, 0.6) is 11.8 Å². The lowest BCUT2D eigenvalue weighted by Crippen LogP contribution is -2.34. The maximum absolute atomic E-state index is 11.5. The van der Waals surface area contributed by atoms with E-state index in [4.69, 9.17) is 29.0 Å². The average Bonchev–Trinajstić information content (AvgIpc) is 3.59. The van der Waals surface area contributed by atoms with Crippen molar-refractivity contribution < 1.29 is 47.9 Å². The van der Waals surface area contributed by atoms with Gasteiger partial charge in [0.15, 0.2) is 22.6 Å². The molecule has 0 bridgehead atoms. The van der Waals surface area contributed by atoms with Crippen molar-refractivity contribution >= 4 is 30.4 Å². The van der Waals surface area contributed by atoms with E-state index in [1.165, 1.54) is 0 Å². The maximum atomic E-state index is 11.5. The van der Waals surface area contributed by atoms with Crippen LogP contribution in [0.4, 0.5) is 4.79 Å². The molecular weight excluding hydrogens is 600 g/mol. The van der Waals surface area contributed by atoms with E-state index in [0.29, 0.717) is 11.1 Å². The minimum Gasteiger partial charge on any atom is -0.477 e. The Labute approximate surface area is 258 Å². The summed E-state index contributed by atoms with van der Waals surface area (Å²) >= 11 is 0. The molecule has 0 aliphatic rings. The van der Waals surface area contributed by atoms with E-state index in [-0.39, 0.29) is 73.1 Å². The number of amides is 1. The Morgan fingerprint density at radius 2 is 1.23 bits per heavy atom. The van der Waals surface area contributed by atoms with Crippen LogP contribution in [0.1, 0.15) is 41.5 Å². The molecule has 0 aliphatic heterocycles. The standard InChI is InChI=1S/C17H20N2O6.C12H12N2O4.ClH/c1-17(2,3)24-16(22)18-9-10-23-14-12(15(20)21)13(25-19-14)11-7-5-4-6-8-11;13-6-7-17-11-9(12(15)16)10(18-14-11)8-4-2-1-3-5-8;/h4-8H,9-10H2,1-3H3,(H,18,22)(H,20,21);1-5H,6-7,13H2,(H,15,16);1H. The lowest BCUT2D eigenvalue weighted by Gasteiger charge is -2.19. The van der Waals surface area contributed by atoms with Gasteiger partial charge < -0.3 is 44.5 Å². The Morgan fingerprint density at radius 3 is 1.61 bits per heavy atom. The summed E-state index contributed by atoms with van der Waals surface area (Å²) in [4.78, 5) is 34.3. The molecule has 2 heterocycles. The minimum absolute atomic E-state index is 0. The third-order valence-corrected chi connectivity index (χ3v) is 5.19. The second kappa shape index (κ2) is 16.5. The highest BCUT2D eigenvalue weighted by molar-refractivity contribution is 5.97. The number of carbonyl (C=O) groups is 3. The van der Waals surface area contributed by atoms with Crippen LogP contribution in [0, 0.1) is 0 Å². The Morgan fingerprint density at radius 1 is 0.795 bits per heavy atom. The first kappa shape index (κ1) is 35.1. The Kier molecular flexibility index (Phi) is 13.2. The van der Waals surface area contributed by atoms with Crippen molar-refractivity contribution in [1.82, 2.24) is 15.6 Å². The van der Waals surface area contributed by atoms with Crippen molar-refractivity contribution in [2.75, 3.05) is 26.3 Å². The zero-order valence-electron chi connectivity index (χ0n) is 24.1. The van der Waals surface area contributed by atoms with Gasteiger partial charge in [-0.25, -0.2) is 14.4 Å². The molecule has 44 heavy (non-hydrogen) atoms. The summed E-state index contributed by atoms with van der Waals surface area (Å²) in [6.07, 6.45) is -0.584. The van der Waals surface area contributed by atoms with Crippen molar-refractivity contribution in [3.63, 3.8) is 0 Å². The van der Waals surface area contributed by atoms with Crippen LogP contribution in [-0.4, -0.2) is 70.5 Å². The van der Waals surface area contributed by atoms with Gasteiger partial charge in [-0.15, -0.1) is 12.4 Å². The van der Waals surface area contributed by atoms with Gasteiger partial charge >= 0.3 is 18.0 Å². The predicted octanol–water partition coefficient (Wildman–Crippen LogP) is 4.74. The smallest absolute Gasteiger partial charge is 0.407 e. The summed E-state index contributed by atoms with van der Waals surface area (Å²) in [7, 11) is 0. The second-order valence-electron chi connectivity index (χ2n) is 9.64. The number of rotatable bonds is 11. The van der Waals surface area contributed by atoms with Gasteiger partial charge in [-0.1, -0.05) is 60.7 Å². The Bertz CT molecular complexity index is 1500. The zero-order valence-corrected chi connectivity index (χ0v) is 25.0. The van der Waals surface area contributed by atoms with E-state index in [1.54, 1.807) is 75.4 Å². The monoisotopic (exact) mass is 632 g/mol. The molecule has 0 unspecified atom stereocenters. The van der Waals surface area contributed by atoms with E-state index in [1.807, 2.05) is 6.07 Å². The Hall–Kier alpha value is -5.08. The molecule has 0 atom stereocenters. The summed E-state index contributed by atoms with van der Waals surface area (Å²) < 4.78 is 25.7. The molecular formula is C29H33ClN4O10. The quantitative estimate of drug-likeness (QED) is 0.165. The number of aromatic nitrogens is 2. The molecule has 15 heteroatoms. The summed E-state index contributed by atoms with van der Waals surface area (Å²) in [5.41, 5.74) is 5.65. The van der Waals surface area contributed by atoms with E-state index >= 15 is 0 Å². The van der Waals surface area contributed by atoms with E-state index in [9.17, 15) is 24.6 Å². The first-order chi connectivity index (χ1) is 20.5. The fraction of sp³-hybridized carbons (Fsp3) is 0.276. The van der Waals surface area contributed by atoms with Gasteiger partial charge in [0, 0.05) is 17.7 Å². The van der Waals surface area contributed by atoms with Gasteiger partial charge in [0.2, 0.25) is 0 Å². The van der Waals surface area contributed by atoms with Crippen molar-refractivity contribution in [3.8, 4) is 34.4 Å². The SMILES string of the molecule is CC(C)(C)OC(=O)NCCOc1noc(-c2ccccc2)c1C(=O)O.Cl.NCCOc1noc(-c2ccccc2)c1C(=O)O. The molecule has 14 nitrogen and oxygen atoms in total. The maximum Gasteiger partial charge on any atom is 0.407 e. The normalized spacial score (nSPS) is 10.5. The summed E-state index contributed by atoms with van der Waals surface area (Å²) in [5, 5.41) is 28.4. The summed E-state index contributed by atoms with van der Waals surface area (Å²) in [5.74, 6) is -2.26. The first-order valence-electron chi connectivity index (χ1n) is 13.0. The lowest BCUT2D eigenvalue weighted by molar-refractivity contribution is 0.0517. The van der Waals surface area contributed by atoms with Crippen molar-refractivity contribution in [3.05, 3.63) is 71.8 Å². The van der Waals surface area contributed by atoms with Crippen LogP contribution < -0.4 is 20.5 Å². The number of ether oxygens (including phenoxy) is 3. The highest BCUT2D eigenvalue weighted by Gasteiger charge is 2.26. The van der Waals surface area contributed by atoms with E-state index in [0.717, 1.165) is 0 Å². The fourth-order valence-electron chi connectivity index (χ4n) is 3.47. The molecule has 4 rings (SSSR count). The number of alkyl carbamates (subject to hydrolysis) is 1. The number of hydrogen-bond donors (Lipinski definition) is 4. The van der Waals surface area contributed by atoms with Crippen LogP contribution in [0.3, 0.4) is 0 Å². The van der Waals surface area contributed by atoms with Gasteiger partial charge in [-0.05, 0) is 31.1 Å². The van der Waals surface area contributed by atoms with Crippen molar-refractivity contribution in [2.45, 2.75) is 26.4 Å². The molecule has 0 spiro atoms. The van der Waals surface area contributed by atoms with Crippen molar-refractivity contribution in [1.29, 1.82) is 0 Å². The lowest BCUT2D eigenvalue weighted by atomic mass is 10.1. The van der Waals surface area contributed by atoms with Gasteiger partial charge in [-0.3, -0.25) is 0 Å². The van der Waals surface area contributed by atoms with Gasteiger partial charge in [-0.2, -0.15) is 0 Å². The topological polar surface area (TPSA) is 209 Å². The molecule has 0 saturated heterocycles. The number of carboxylic acid groups (broad SMARTS) is 2. The summed E-state index contributed by atoms with van der Waals surface area (Å²) in [6, 6.07) is 17.6. The van der Waals surface area contributed by atoms with Crippen LogP contribution in [0.15, 0.2) is 69.7 Å². The van der Waals surface area contributed by atoms with Crippen LogP contribution in [0.25, 0.3) is 22.6 Å². The molecule has 1 amide bonds. The van der Waals surface area contributed by atoms with Gasteiger partial charge in [0.25, 0.3) is 11.8 Å². The molecule has 4 aromatic rings. The average molecular weight is 633 g/mol. The van der Waals surface area contributed by atoms with E-state index < -0.39 is 23.6 Å². The number of aromatic carboxylic acids is 2. The number of nitrogens with one attached hydrogen (secondary N) is 1. The van der Waals surface area contributed by atoms with E-state index in [2.05, 4.69) is 15.6 Å². The minimum atomic E-state index is -1.21. The first-order valence-corrected chi connectivity index (χ1v) is 13.0. The molecule has 5 N–H and O–H groups in total. The third kappa shape index (κ3) is 10.0. The second-order valence-corrected chi connectivity index (χ2v) is 9.64. The highest BCUT2D eigenvalue weighted by Crippen LogP contribution is 2.31. The highest BCUT2D eigenvalue weighted by atomic mass is 35.5. The Balaban J connectivity index is 0.000000315. The fourth-order valence-corrected chi connectivity index (χ4v) is 3.47. The van der Waals surface area contributed by atoms with Crippen molar-refractivity contribution in [2.24, 2.45) is 5.73 Å². The van der Waals surface area contributed by atoms with Gasteiger partial charge in [0.05, 0.1) is 6.54 Å². The number of hydrogen-bond acceptors (Lipinski definition) is 11. The van der Waals surface area contributed by atoms with Crippen LogP contribution in [-0.2, 0) is 4.74 Å². The van der Waals surface area contributed by atoms with Crippen LogP contribution in [0.2, 0.25) is 0 Å².